The summed E-state index contributed by atoms with van der Waals surface area (Å²) in [4.78, 5) is 24.4. The Morgan fingerprint density at radius 2 is 2.24 bits per heavy atom. The molecule has 29 heavy (non-hydrogen) atoms. The van der Waals surface area contributed by atoms with Gasteiger partial charge in [0, 0.05) is 37.5 Å². The van der Waals surface area contributed by atoms with E-state index >= 15 is 0 Å². The first-order valence-electron chi connectivity index (χ1n) is 9.73. The average Bonchev–Trinajstić information content (AvgIpc) is 3.36. The van der Waals surface area contributed by atoms with Gasteiger partial charge in [-0.2, -0.15) is 5.26 Å². The van der Waals surface area contributed by atoms with E-state index in [1.165, 1.54) is 0 Å². The molecule has 0 aromatic carbocycles. The molecular weight excluding hydrogens is 414 g/mol. The zero-order valence-corrected chi connectivity index (χ0v) is 17.6. The van der Waals surface area contributed by atoms with Gasteiger partial charge in [0.05, 0.1) is 30.9 Å². The lowest BCUT2D eigenvalue weighted by Gasteiger charge is -2.29. The highest BCUT2D eigenvalue weighted by molar-refractivity contribution is 7.99. The van der Waals surface area contributed by atoms with E-state index < -0.39 is 0 Å². The molecule has 9 nitrogen and oxygen atoms in total. The van der Waals surface area contributed by atoms with Crippen LogP contribution in [0.4, 0.5) is 5.69 Å². The fourth-order valence-corrected chi connectivity index (χ4v) is 4.99. The Kier molecular flexibility index (Phi) is 6.50. The van der Waals surface area contributed by atoms with Crippen LogP contribution >= 0.6 is 23.4 Å². The van der Waals surface area contributed by atoms with Crippen LogP contribution in [-0.4, -0.2) is 74.3 Å². The predicted molar refractivity (Wildman–Crippen MR) is 111 cm³/mol. The Labute approximate surface area is 178 Å². The van der Waals surface area contributed by atoms with Gasteiger partial charge in [-0.1, -0.05) is 21.3 Å². The van der Waals surface area contributed by atoms with Crippen LogP contribution < -0.4 is 5.32 Å². The molecule has 0 saturated carbocycles. The van der Waals surface area contributed by atoms with Crippen LogP contribution in [0.15, 0.2) is 23.0 Å². The molecule has 0 spiro atoms. The zero-order chi connectivity index (χ0) is 20.2. The molecule has 0 radical (unpaired) electrons. The number of likely N-dealkylation sites (tertiary alicyclic amines) is 1. The molecule has 2 fully saturated rings. The molecule has 156 valence electrons. The lowest BCUT2D eigenvalue weighted by molar-refractivity contribution is -0.117. The molecule has 0 aliphatic carbocycles. The summed E-state index contributed by atoms with van der Waals surface area (Å²) < 4.78 is 5.62. The summed E-state index contributed by atoms with van der Waals surface area (Å²) in [6.45, 7) is 3.62. The highest BCUT2D eigenvalue weighted by atomic mass is 35.5. The van der Waals surface area contributed by atoms with E-state index in [2.05, 4.69) is 26.2 Å². The molecule has 2 aliphatic heterocycles. The van der Waals surface area contributed by atoms with Gasteiger partial charge in [-0.3, -0.25) is 19.2 Å². The minimum atomic E-state index is -0.0847. The molecule has 0 bridgehead atoms. The number of nitriles is 1. The van der Waals surface area contributed by atoms with Gasteiger partial charge >= 0.3 is 0 Å². The maximum Gasteiger partial charge on any atom is 0.238 e. The van der Waals surface area contributed by atoms with Gasteiger partial charge in [0.2, 0.25) is 5.91 Å². The van der Waals surface area contributed by atoms with Crippen molar-refractivity contribution in [3.8, 4) is 6.07 Å². The number of pyridine rings is 1. The zero-order valence-electron chi connectivity index (χ0n) is 16.0. The van der Waals surface area contributed by atoms with Gasteiger partial charge in [0.15, 0.2) is 5.15 Å². The highest BCUT2D eigenvalue weighted by Crippen LogP contribution is 2.26. The van der Waals surface area contributed by atoms with Gasteiger partial charge in [0.25, 0.3) is 0 Å². The smallest absolute Gasteiger partial charge is 0.238 e. The van der Waals surface area contributed by atoms with Crippen LogP contribution in [-0.2, 0) is 11.3 Å². The Bertz CT molecular complexity index is 864. The number of hydrogen-bond acceptors (Lipinski definition) is 7. The van der Waals surface area contributed by atoms with E-state index in [4.69, 9.17) is 21.5 Å². The van der Waals surface area contributed by atoms with Crippen molar-refractivity contribution in [3.05, 3.63) is 23.5 Å². The third-order valence-corrected chi connectivity index (χ3v) is 6.71. The first kappa shape index (κ1) is 20.3. The van der Waals surface area contributed by atoms with Gasteiger partial charge in [-0.05, 0) is 25.0 Å². The summed E-state index contributed by atoms with van der Waals surface area (Å²) in [5.74, 6) is 1.72. The van der Waals surface area contributed by atoms with Crippen LogP contribution in [0.1, 0.15) is 18.9 Å². The Hall–Kier alpha value is -1.93. The summed E-state index contributed by atoms with van der Waals surface area (Å²) >= 11 is 7.79. The molecule has 2 saturated heterocycles. The summed E-state index contributed by atoms with van der Waals surface area (Å²) in [6.07, 6.45) is 3.48. The van der Waals surface area contributed by atoms with Crippen molar-refractivity contribution < 1.29 is 9.42 Å². The summed E-state index contributed by atoms with van der Waals surface area (Å²) in [7, 11) is 0. The molecule has 4 heterocycles. The minimum Gasteiger partial charge on any atom is -0.322 e. The van der Waals surface area contributed by atoms with Crippen molar-refractivity contribution >= 4 is 35.0 Å². The number of thioether (sulfide) groups is 1. The number of nitrogens with one attached hydrogen (secondary N) is 1. The summed E-state index contributed by atoms with van der Waals surface area (Å²) in [5, 5.41) is 12.3. The fraction of sp³-hybridized carbons (Fsp3) is 0.611. The van der Waals surface area contributed by atoms with Crippen molar-refractivity contribution in [2.45, 2.75) is 31.5 Å². The fourth-order valence-electron chi connectivity index (χ4n) is 3.67. The second-order valence-electron chi connectivity index (χ2n) is 7.31. The maximum atomic E-state index is 12.3. The van der Waals surface area contributed by atoms with Crippen molar-refractivity contribution in [1.82, 2.24) is 24.5 Å². The third kappa shape index (κ3) is 5.17. The van der Waals surface area contributed by atoms with Gasteiger partial charge in [-0.25, -0.2) is 4.98 Å². The normalized spacial score (nSPS) is 21.4. The van der Waals surface area contributed by atoms with E-state index in [-0.39, 0.29) is 11.9 Å². The monoisotopic (exact) mass is 437 g/mol. The standard InChI is InChI=1S/C18H24ClN7O2S/c19-18-16(2-1-5-21-18)22-17(27)11-23-6-3-14(4-7-23)26-25(28-26)9-8-24-13-29-12-15(24)10-20/h1-2,5,14-15H,3-4,6-9,11-13H2,(H,22,27). The van der Waals surface area contributed by atoms with E-state index in [0.717, 1.165) is 50.7 Å². The SMILES string of the molecule is N#CC1CSCN1CCn1on1C1CCN(CC(=O)Nc2cccnc2Cl)CC1. The number of carbonyl (C=O) groups excluding carboxylic acids is 1. The van der Waals surface area contributed by atoms with Crippen molar-refractivity contribution in [1.29, 1.82) is 5.26 Å². The minimum absolute atomic E-state index is 0.0179. The third-order valence-electron chi connectivity index (χ3n) is 5.34. The van der Waals surface area contributed by atoms with E-state index in [9.17, 15) is 4.79 Å². The predicted octanol–water partition coefficient (Wildman–Crippen LogP) is 2.11. The number of rotatable bonds is 7. The Balaban J connectivity index is 1.18. The molecule has 1 amide bonds. The molecule has 2 aromatic heterocycles. The number of halogens is 1. The molecule has 1 N–H and O–H groups in total. The summed E-state index contributed by atoms with van der Waals surface area (Å²) in [5.41, 5.74) is 0.539. The number of hydrogen-bond donors (Lipinski definition) is 1. The van der Waals surface area contributed by atoms with E-state index in [0.29, 0.717) is 23.4 Å². The number of amides is 1. The average molecular weight is 438 g/mol. The number of nitrogens with zero attached hydrogens (tertiary/aromatic N) is 6. The number of piperidine rings is 1. The Morgan fingerprint density at radius 3 is 3.00 bits per heavy atom. The largest absolute Gasteiger partial charge is 0.322 e. The number of anilines is 1. The molecule has 2 aliphatic rings. The molecule has 2 aromatic rings. The van der Waals surface area contributed by atoms with Gasteiger partial charge in [-0.15, -0.1) is 11.8 Å². The number of carbonyl (C=O) groups is 1. The van der Waals surface area contributed by atoms with Crippen molar-refractivity contribution in [2.75, 3.05) is 43.1 Å². The van der Waals surface area contributed by atoms with Crippen LogP contribution in [0.5, 0.6) is 0 Å². The van der Waals surface area contributed by atoms with Crippen molar-refractivity contribution in [3.63, 3.8) is 0 Å². The first-order valence-corrected chi connectivity index (χ1v) is 11.3. The summed E-state index contributed by atoms with van der Waals surface area (Å²) in [6, 6.07) is 6.19. The molecule has 1 atom stereocenters. The van der Waals surface area contributed by atoms with Gasteiger partial charge < -0.3 is 5.32 Å². The van der Waals surface area contributed by atoms with Crippen LogP contribution in [0.25, 0.3) is 0 Å². The number of aromatic nitrogens is 3. The van der Waals surface area contributed by atoms with Crippen molar-refractivity contribution in [2.24, 2.45) is 0 Å². The van der Waals surface area contributed by atoms with Gasteiger partial charge in [0.1, 0.15) is 6.04 Å². The topological polar surface area (TPSA) is 95.3 Å². The lowest BCUT2D eigenvalue weighted by atomic mass is 10.1. The second-order valence-corrected chi connectivity index (χ2v) is 8.67. The maximum absolute atomic E-state index is 12.3. The molecule has 1 unspecified atom stereocenters. The first-order chi connectivity index (χ1) is 14.1. The lowest BCUT2D eigenvalue weighted by Crippen LogP contribution is -2.39. The van der Waals surface area contributed by atoms with Crippen LogP contribution in [0.2, 0.25) is 5.15 Å². The molecule has 11 heteroatoms. The van der Waals surface area contributed by atoms with E-state index in [1.807, 2.05) is 9.71 Å². The van der Waals surface area contributed by atoms with Crippen LogP contribution in [0, 0.1) is 11.3 Å². The highest BCUT2D eigenvalue weighted by Gasteiger charge is 2.30. The van der Waals surface area contributed by atoms with E-state index in [1.54, 1.807) is 30.1 Å². The quantitative estimate of drug-likeness (QED) is 0.662. The van der Waals surface area contributed by atoms with Crippen LogP contribution in [0.3, 0.4) is 0 Å². The second kappa shape index (κ2) is 9.26. The molecule has 4 rings (SSSR count). The Morgan fingerprint density at radius 1 is 1.41 bits per heavy atom. The molecular formula is C18H24ClN7O2S.